The second-order valence-corrected chi connectivity index (χ2v) is 7.73. The molecule has 0 aliphatic heterocycles. The van der Waals surface area contributed by atoms with Crippen molar-refractivity contribution in [2.75, 3.05) is 5.75 Å². The molecule has 3 aromatic carbocycles. The van der Waals surface area contributed by atoms with Gasteiger partial charge in [0.25, 0.3) is 0 Å². The van der Waals surface area contributed by atoms with E-state index in [1.807, 2.05) is 67.6 Å². The van der Waals surface area contributed by atoms with Crippen LogP contribution < -0.4 is 10.9 Å². The fourth-order valence-electron chi connectivity index (χ4n) is 2.76. The first-order chi connectivity index (χ1) is 14.0. The number of hydrogen-bond donors (Lipinski definition) is 2. The first-order valence-electron chi connectivity index (χ1n) is 9.30. The van der Waals surface area contributed by atoms with Crippen LogP contribution in [-0.4, -0.2) is 23.4 Å². The molecule has 5 nitrogen and oxygen atoms in total. The molecule has 0 aliphatic carbocycles. The number of Topliss-reactive ketones (excluding diaryl/α,β-unsaturated/α-hetero) is 1. The van der Waals surface area contributed by atoms with Crippen molar-refractivity contribution in [1.82, 2.24) is 10.9 Å². The van der Waals surface area contributed by atoms with Gasteiger partial charge in [0.2, 0.25) is 11.8 Å². The first-order valence-corrected chi connectivity index (χ1v) is 10.3. The third-order valence-electron chi connectivity index (χ3n) is 4.38. The molecule has 0 heterocycles. The fourth-order valence-corrected chi connectivity index (χ4v) is 3.45. The molecule has 0 saturated heterocycles. The van der Waals surface area contributed by atoms with Crippen molar-refractivity contribution in [1.29, 1.82) is 0 Å². The Morgan fingerprint density at radius 1 is 0.793 bits per heavy atom. The number of rotatable bonds is 7. The number of carbonyl (C=O) groups excluding carboxylic acids is 3. The predicted molar refractivity (Wildman–Crippen MR) is 116 cm³/mol. The van der Waals surface area contributed by atoms with E-state index in [9.17, 15) is 14.4 Å². The van der Waals surface area contributed by atoms with Crippen molar-refractivity contribution in [2.45, 2.75) is 24.7 Å². The number of aryl methyl sites for hydroxylation is 1. The summed E-state index contributed by atoms with van der Waals surface area (Å²) in [7, 11) is 0. The molecule has 0 radical (unpaired) electrons. The summed E-state index contributed by atoms with van der Waals surface area (Å²) in [5.41, 5.74) is 6.48. The van der Waals surface area contributed by atoms with Crippen molar-refractivity contribution in [2.24, 2.45) is 0 Å². The number of hydrazine groups is 1. The number of fused-ring (bicyclic) bond motifs is 1. The second kappa shape index (κ2) is 9.89. The number of amides is 2. The highest BCUT2D eigenvalue weighted by atomic mass is 32.2. The standard InChI is InChI=1S/C23H22N2O3S/c1-16-6-10-20(11-7-16)29-15-23(28)25-24-22(27)13-12-21(26)19-9-8-17-4-2-3-5-18(17)14-19/h2-11,14H,12-13,15H2,1H3,(H,24,27)(H,25,28). The van der Waals surface area contributed by atoms with E-state index in [1.165, 1.54) is 11.8 Å². The van der Waals surface area contributed by atoms with Gasteiger partial charge in [-0.2, -0.15) is 0 Å². The zero-order valence-corrected chi connectivity index (χ0v) is 16.9. The summed E-state index contributed by atoms with van der Waals surface area (Å²) in [6, 6.07) is 21.2. The van der Waals surface area contributed by atoms with Crippen molar-refractivity contribution >= 4 is 40.1 Å². The Hall–Kier alpha value is -3.12. The monoisotopic (exact) mass is 406 g/mol. The maximum absolute atomic E-state index is 12.3. The van der Waals surface area contributed by atoms with Gasteiger partial charge in [-0.15, -0.1) is 11.8 Å². The highest BCUT2D eigenvalue weighted by molar-refractivity contribution is 8.00. The van der Waals surface area contributed by atoms with Crippen LogP contribution in [0.1, 0.15) is 28.8 Å². The number of nitrogens with one attached hydrogen (secondary N) is 2. The quantitative estimate of drug-likeness (QED) is 0.353. The van der Waals surface area contributed by atoms with E-state index in [4.69, 9.17) is 0 Å². The Bertz CT molecular complexity index is 1030. The lowest BCUT2D eigenvalue weighted by Crippen LogP contribution is -2.42. The minimum absolute atomic E-state index is 0.0110. The van der Waals surface area contributed by atoms with E-state index in [2.05, 4.69) is 10.9 Å². The largest absolute Gasteiger partial charge is 0.294 e. The predicted octanol–water partition coefficient (Wildman–Crippen LogP) is 4.05. The Morgan fingerprint density at radius 2 is 1.48 bits per heavy atom. The van der Waals surface area contributed by atoms with Crippen molar-refractivity contribution < 1.29 is 14.4 Å². The van der Waals surface area contributed by atoms with Gasteiger partial charge in [0.15, 0.2) is 5.78 Å². The number of hydrogen-bond acceptors (Lipinski definition) is 4. The minimum atomic E-state index is -0.396. The average molecular weight is 407 g/mol. The Morgan fingerprint density at radius 3 is 2.24 bits per heavy atom. The second-order valence-electron chi connectivity index (χ2n) is 6.68. The smallest absolute Gasteiger partial charge is 0.248 e. The summed E-state index contributed by atoms with van der Waals surface area (Å²) < 4.78 is 0. The lowest BCUT2D eigenvalue weighted by molar-refractivity contribution is -0.127. The molecule has 0 fully saturated rings. The Kier molecular flexibility index (Phi) is 7.03. The van der Waals surface area contributed by atoms with Gasteiger partial charge >= 0.3 is 0 Å². The van der Waals surface area contributed by atoms with E-state index >= 15 is 0 Å². The van der Waals surface area contributed by atoms with Crippen LogP contribution in [-0.2, 0) is 9.59 Å². The van der Waals surface area contributed by atoms with Gasteiger partial charge in [0, 0.05) is 23.3 Å². The molecule has 0 aromatic heterocycles. The molecule has 0 spiro atoms. The molecule has 2 amide bonds. The van der Waals surface area contributed by atoms with Gasteiger partial charge in [-0.1, -0.05) is 54.1 Å². The molecule has 0 unspecified atom stereocenters. The van der Waals surface area contributed by atoms with Crippen LogP contribution in [0.4, 0.5) is 0 Å². The average Bonchev–Trinajstić information content (AvgIpc) is 2.75. The maximum Gasteiger partial charge on any atom is 0.248 e. The highest BCUT2D eigenvalue weighted by Crippen LogP contribution is 2.18. The van der Waals surface area contributed by atoms with Crippen LogP contribution in [0, 0.1) is 6.92 Å². The summed E-state index contributed by atoms with van der Waals surface area (Å²) in [4.78, 5) is 37.1. The van der Waals surface area contributed by atoms with E-state index < -0.39 is 5.91 Å². The molecule has 0 atom stereocenters. The first kappa shape index (κ1) is 20.6. The number of carbonyl (C=O) groups is 3. The summed E-state index contributed by atoms with van der Waals surface area (Å²) in [6.07, 6.45) is 0.0925. The summed E-state index contributed by atoms with van der Waals surface area (Å²) in [5, 5.41) is 2.05. The van der Waals surface area contributed by atoms with Gasteiger partial charge in [-0.25, -0.2) is 0 Å². The normalized spacial score (nSPS) is 10.5. The highest BCUT2D eigenvalue weighted by Gasteiger charge is 2.11. The molecule has 148 valence electrons. The van der Waals surface area contributed by atoms with Crippen molar-refractivity contribution in [3.8, 4) is 0 Å². The molecule has 6 heteroatoms. The van der Waals surface area contributed by atoms with Crippen LogP contribution in [0.5, 0.6) is 0 Å². The van der Waals surface area contributed by atoms with Gasteiger partial charge in [-0.3, -0.25) is 25.2 Å². The summed E-state index contributed by atoms with van der Waals surface area (Å²) in [5.74, 6) is -0.607. The van der Waals surface area contributed by atoms with Gasteiger partial charge < -0.3 is 0 Å². The molecule has 0 saturated carbocycles. The van der Waals surface area contributed by atoms with E-state index in [-0.39, 0.29) is 30.3 Å². The molecular weight excluding hydrogens is 384 g/mol. The van der Waals surface area contributed by atoms with Crippen molar-refractivity contribution in [3.63, 3.8) is 0 Å². The molecular formula is C23H22N2O3S. The molecule has 29 heavy (non-hydrogen) atoms. The van der Waals surface area contributed by atoms with Gasteiger partial charge in [0.05, 0.1) is 5.75 Å². The molecule has 3 aromatic rings. The lowest BCUT2D eigenvalue weighted by atomic mass is 10.0. The van der Waals surface area contributed by atoms with Crippen LogP contribution >= 0.6 is 11.8 Å². The van der Waals surface area contributed by atoms with Crippen LogP contribution in [0.25, 0.3) is 10.8 Å². The number of thioether (sulfide) groups is 1. The topological polar surface area (TPSA) is 75.3 Å². The lowest BCUT2D eigenvalue weighted by Gasteiger charge is -2.08. The molecule has 0 aliphatic rings. The van der Waals surface area contributed by atoms with Crippen LogP contribution in [0.3, 0.4) is 0 Å². The third-order valence-corrected chi connectivity index (χ3v) is 5.39. The minimum Gasteiger partial charge on any atom is -0.294 e. The fraction of sp³-hybridized carbons (Fsp3) is 0.174. The maximum atomic E-state index is 12.3. The Labute approximate surface area is 173 Å². The number of benzene rings is 3. The van der Waals surface area contributed by atoms with E-state index in [0.29, 0.717) is 5.56 Å². The zero-order chi connectivity index (χ0) is 20.6. The van der Waals surface area contributed by atoms with Gasteiger partial charge in [-0.05, 0) is 35.9 Å². The third kappa shape index (κ3) is 6.19. The number of ketones is 1. The summed E-state index contributed by atoms with van der Waals surface area (Å²) in [6.45, 7) is 2.00. The van der Waals surface area contributed by atoms with Crippen LogP contribution in [0.2, 0.25) is 0 Å². The van der Waals surface area contributed by atoms with E-state index in [1.54, 1.807) is 6.07 Å². The molecule has 3 rings (SSSR count). The van der Waals surface area contributed by atoms with E-state index in [0.717, 1.165) is 21.2 Å². The van der Waals surface area contributed by atoms with Gasteiger partial charge in [0.1, 0.15) is 0 Å². The van der Waals surface area contributed by atoms with Crippen molar-refractivity contribution in [3.05, 3.63) is 77.9 Å². The summed E-state index contributed by atoms with van der Waals surface area (Å²) >= 11 is 1.39. The Balaban J connectivity index is 1.40. The molecule has 0 bridgehead atoms. The SMILES string of the molecule is Cc1ccc(SCC(=O)NNC(=O)CCC(=O)c2ccc3ccccc3c2)cc1. The molecule has 2 N–H and O–H groups in total. The zero-order valence-electron chi connectivity index (χ0n) is 16.1. The van der Waals surface area contributed by atoms with Crippen LogP contribution in [0.15, 0.2) is 71.6 Å².